The van der Waals surface area contributed by atoms with E-state index in [-0.39, 0.29) is 18.3 Å². The van der Waals surface area contributed by atoms with Crippen molar-refractivity contribution in [3.05, 3.63) is 100 Å². The number of aromatic nitrogens is 2. The summed E-state index contributed by atoms with van der Waals surface area (Å²) < 4.78 is 14.0. The number of amides is 1. The Kier molecular flexibility index (Phi) is 5.99. The standard InChI is InChI=1S/C23H20BrN3O3/c1-16-6-2-3-7-17(16)13-27-14-18(12-25-27)26-23(28)22-11-10-19(30-22)15-29-21-9-5-4-8-20(21)24/h2-12,14H,13,15H2,1H3,(H,26,28). The number of hydrogen-bond acceptors (Lipinski definition) is 4. The van der Waals surface area contributed by atoms with Gasteiger partial charge in [-0.3, -0.25) is 9.48 Å². The van der Waals surface area contributed by atoms with Crippen LogP contribution >= 0.6 is 15.9 Å². The molecule has 0 bridgehead atoms. The molecule has 0 unspecified atom stereocenters. The quantitative estimate of drug-likeness (QED) is 0.395. The topological polar surface area (TPSA) is 69.3 Å². The predicted molar refractivity (Wildman–Crippen MR) is 118 cm³/mol. The van der Waals surface area contributed by atoms with E-state index in [1.54, 1.807) is 29.2 Å². The Balaban J connectivity index is 1.35. The molecule has 0 atom stereocenters. The zero-order valence-corrected chi connectivity index (χ0v) is 17.9. The first-order valence-electron chi connectivity index (χ1n) is 9.43. The van der Waals surface area contributed by atoms with Crippen LogP contribution in [0.15, 0.2) is 81.9 Å². The third kappa shape index (κ3) is 4.80. The predicted octanol–water partition coefficient (Wildman–Crippen LogP) is 5.43. The lowest BCUT2D eigenvalue weighted by Crippen LogP contribution is -2.10. The Bertz CT molecular complexity index is 1170. The molecule has 0 saturated carbocycles. The molecule has 0 aliphatic rings. The van der Waals surface area contributed by atoms with Crippen LogP contribution in [0.2, 0.25) is 0 Å². The second-order valence-corrected chi connectivity index (χ2v) is 7.65. The fraction of sp³-hybridized carbons (Fsp3) is 0.130. The number of ether oxygens (including phenoxy) is 1. The van der Waals surface area contributed by atoms with Gasteiger partial charge in [0.05, 0.1) is 22.9 Å². The third-order valence-corrected chi connectivity index (χ3v) is 5.23. The van der Waals surface area contributed by atoms with Gasteiger partial charge in [0.25, 0.3) is 5.91 Å². The molecule has 2 aromatic heterocycles. The van der Waals surface area contributed by atoms with Gasteiger partial charge in [-0.25, -0.2) is 0 Å². The number of carbonyl (C=O) groups is 1. The Morgan fingerprint density at radius 2 is 1.93 bits per heavy atom. The molecule has 0 aliphatic heterocycles. The normalized spacial score (nSPS) is 10.7. The Morgan fingerprint density at radius 3 is 2.77 bits per heavy atom. The molecule has 0 spiro atoms. The van der Waals surface area contributed by atoms with Gasteiger partial charge in [-0.15, -0.1) is 0 Å². The van der Waals surface area contributed by atoms with Gasteiger partial charge in [-0.05, 0) is 58.2 Å². The SMILES string of the molecule is Cc1ccccc1Cn1cc(NC(=O)c2ccc(COc3ccccc3Br)o2)cn1. The van der Waals surface area contributed by atoms with Gasteiger partial charge < -0.3 is 14.5 Å². The summed E-state index contributed by atoms with van der Waals surface area (Å²) in [6.07, 6.45) is 3.42. The fourth-order valence-corrected chi connectivity index (χ4v) is 3.36. The summed E-state index contributed by atoms with van der Waals surface area (Å²) in [5.74, 6) is 1.15. The van der Waals surface area contributed by atoms with Crippen LogP contribution in [-0.4, -0.2) is 15.7 Å². The van der Waals surface area contributed by atoms with Crippen LogP contribution in [0.4, 0.5) is 5.69 Å². The summed E-state index contributed by atoms with van der Waals surface area (Å²) >= 11 is 3.43. The van der Waals surface area contributed by atoms with Gasteiger partial charge >= 0.3 is 0 Å². The number of anilines is 1. The molecule has 1 amide bonds. The average molecular weight is 466 g/mol. The van der Waals surface area contributed by atoms with Gasteiger partial charge in [-0.2, -0.15) is 5.10 Å². The summed E-state index contributed by atoms with van der Waals surface area (Å²) in [6.45, 7) is 2.93. The van der Waals surface area contributed by atoms with E-state index in [0.717, 1.165) is 4.47 Å². The third-order valence-electron chi connectivity index (χ3n) is 4.58. The molecule has 0 radical (unpaired) electrons. The molecule has 152 valence electrons. The molecule has 0 saturated heterocycles. The lowest BCUT2D eigenvalue weighted by molar-refractivity contribution is 0.0992. The largest absolute Gasteiger partial charge is 0.484 e. The zero-order chi connectivity index (χ0) is 20.9. The molecule has 30 heavy (non-hydrogen) atoms. The molecular formula is C23H20BrN3O3. The van der Waals surface area contributed by atoms with Gasteiger partial charge in [0.1, 0.15) is 18.1 Å². The molecule has 2 aromatic carbocycles. The van der Waals surface area contributed by atoms with Gasteiger partial charge in [-0.1, -0.05) is 36.4 Å². The highest BCUT2D eigenvalue weighted by atomic mass is 79.9. The fourth-order valence-electron chi connectivity index (χ4n) is 2.96. The number of aryl methyl sites for hydroxylation is 1. The van der Waals surface area contributed by atoms with Crippen LogP contribution in [0.5, 0.6) is 5.75 Å². The number of rotatable bonds is 7. The van der Waals surface area contributed by atoms with Gasteiger partial charge in [0.2, 0.25) is 0 Å². The van der Waals surface area contributed by atoms with Crippen molar-refractivity contribution in [3.8, 4) is 5.75 Å². The number of halogens is 1. The van der Waals surface area contributed by atoms with E-state index < -0.39 is 0 Å². The molecule has 4 aromatic rings. The van der Waals surface area contributed by atoms with Crippen molar-refractivity contribution in [2.75, 3.05) is 5.32 Å². The minimum Gasteiger partial charge on any atom is -0.484 e. The second kappa shape index (κ2) is 9.00. The Labute approximate surface area is 182 Å². The van der Waals surface area contributed by atoms with E-state index in [1.165, 1.54) is 11.1 Å². The summed E-state index contributed by atoms with van der Waals surface area (Å²) in [7, 11) is 0. The number of para-hydroxylation sites is 1. The summed E-state index contributed by atoms with van der Waals surface area (Å²) in [5, 5.41) is 7.13. The highest BCUT2D eigenvalue weighted by Gasteiger charge is 2.13. The molecular weight excluding hydrogens is 446 g/mol. The lowest BCUT2D eigenvalue weighted by atomic mass is 10.1. The summed E-state index contributed by atoms with van der Waals surface area (Å²) in [5.41, 5.74) is 2.99. The number of carbonyl (C=O) groups excluding carboxylic acids is 1. The van der Waals surface area contributed by atoms with E-state index in [9.17, 15) is 4.79 Å². The molecule has 1 N–H and O–H groups in total. The number of benzene rings is 2. The molecule has 6 nitrogen and oxygen atoms in total. The van der Waals surface area contributed by atoms with Crippen LogP contribution in [0.25, 0.3) is 0 Å². The van der Waals surface area contributed by atoms with E-state index in [0.29, 0.717) is 23.7 Å². The number of hydrogen-bond donors (Lipinski definition) is 1. The smallest absolute Gasteiger partial charge is 0.291 e. The van der Waals surface area contributed by atoms with Crippen LogP contribution < -0.4 is 10.1 Å². The number of nitrogens with one attached hydrogen (secondary N) is 1. The van der Waals surface area contributed by atoms with Crippen LogP contribution in [0, 0.1) is 6.92 Å². The number of nitrogens with zero attached hydrogens (tertiary/aromatic N) is 2. The van der Waals surface area contributed by atoms with Crippen molar-refractivity contribution >= 4 is 27.5 Å². The Morgan fingerprint density at radius 1 is 1.13 bits per heavy atom. The van der Waals surface area contributed by atoms with Crippen molar-refractivity contribution in [2.24, 2.45) is 0 Å². The van der Waals surface area contributed by atoms with Crippen LogP contribution in [-0.2, 0) is 13.2 Å². The van der Waals surface area contributed by atoms with Crippen LogP contribution in [0.3, 0.4) is 0 Å². The molecule has 0 aliphatic carbocycles. The molecule has 7 heteroatoms. The molecule has 4 rings (SSSR count). The lowest BCUT2D eigenvalue weighted by Gasteiger charge is -2.06. The average Bonchev–Trinajstić information content (AvgIpc) is 3.39. The molecule has 0 fully saturated rings. The van der Waals surface area contributed by atoms with Crippen molar-refractivity contribution in [1.29, 1.82) is 0 Å². The maximum absolute atomic E-state index is 12.5. The highest BCUT2D eigenvalue weighted by molar-refractivity contribution is 9.10. The first-order valence-corrected chi connectivity index (χ1v) is 10.2. The summed E-state index contributed by atoms with van der Waals surface area (Å²) in [6, 6.07) is 19.1. The van der Waals surface area contributed by atoms with Crippen molar-refractivity contribution in [1.82, 2.24) is 9.78 Å². The van der Waals surface area contributed by atoms with E-state index in [2.05, 4.69) is 45.4 Å². The minimum absolute atomic E-state index is 0.215. The van der Waals surface area contributed by atoms with Crippen molar-refractivity contribution in [2.45, 2.75) is 20.1 Å². The molecule has 2 heterocycles. The Hall–Kier alpha value is -3.32. The first kappa shape index (κ1) is 20.0. The van der Waals surface area contributed by atoms with Crippen LogP contribution in [0.1, 0.15) is 27.4 Å². The monoisotopic (exact) mass is 465 g/mol. The van der Waals surface area contributed by atoms with E-state index >= 15 is 0 Å². The van der Waals surface area contributed by atoms with E-state index in [4.69, 9.17) is 9.15 Å². The minimum atomic E-state index is -0.336. The van der Waals surface area contributed by atoms with Gasteiger partial charge in [0, 0.05) is 6.20 Å². The first-order chi connectivity index (χ1) is 14.6. The second-order valence-electron chi connectivity index (χ2n) is 6.79. The van der Waals surface area contributed by atoms with Crippen molar-refractivity contribution < 1.29 is 13.9 Å². The van der Waals surface area contributed by atoms with E-state index in [1.807, 2.05) is 36.4 Å². The van der Waals surface area contributed by atoms with Crippen molar-refractivity contribution in [3.63, 3.8) is 0 Å². The van der Waals surface area contributed by atoms with Gasteiger partial charge in [0.15, 0.2) is 5.76 Å². The summed E-state index contributed by atoms with van der Waals surface area (Å²) in [4.78, 5) is 12.5. The zero-order valence-electron chi connectivity index (χ0n) is 16.3. The number of furan rings is 1. The maximum atomic E-state index is 12.5. The maximum Gasteiger partial charge on any atom is 0.291 e. The highest BCUT2D eigenvalue weighted by Crippen LogP contribution is 2.25.